The van der Waals surface area contributed by atoms with Crippen molar-refractivity contribution in [3.8, 4) is 0 Å². The second-order valence-corrected chi connectivity index (χ2v) is 5.61. The molecule has 0 radical (unpaired) electrons. The van der Waals surface area contributed by atoms with Crippen molar-refractivity contribution >= 4 is 28.8 Å². The molecule has 0 atom stereocenters. The molecule has 0 spiro atoms. The number of halogens is 1. The van der Waals surface area contributed by atoms with Gasteiger partial charge < -0.3 is 5.32 Å². The number of benzene rings is 1. The molecule has 112 valence electrons. The Labute approximate surface area is 132 Å². The van der Waals surface area contributed by atoms with Gasteiger partial charge in [0.25, 0.3) is 5.91 Å². The largest absolute Gasteiger partial charge is 0.322 e. The number of anilines is 1. The fourth-order valence-electron chi connectivity index (χ4n) is 2.36. The van der Waals surface area contributed by atoms with Crippen LogP contribution >= 0.6 is 11.6 Å². The Hall–Kier alpha value is -2.40. The standard InChI is InChI=1S/C16H15ClN4O/c1-9-7-10(2)21-15(19-9)12(8-18-21)16(22)20-14-6-4-5-13(17)11(14)3/h4-8H,1-3H3,(H,20,22). The molecule has 2 aromatic heterocycles. The van der Waals surface area contributed by atoms with Gasteiger partial charge in [0.2, 0.25) is 0 Å². The molecule has 6 heteroatoms. The predicted octanol–water partition coefficient (Wildman–Crippen LogP) is 3.56. The van der Waals surface area contributed by atoms with Crippen LogP contribution in [0.15, 0.2) is 30.5 Å². The van der Waals surface area contributed by atoms with Crippen LogP contribution < -0.4 is 5.32 Å². The Morgan fingerprint density at radius 3 is 2.82 bits per heavy atom. The van der Waals surface area contributed by atoms with Crippen LogP contribution in [0.5, 0.6) is 0 Å². The number of carbonyl (C=O) groups excluding carboxylic acids is 1. The molecular formula is C16H15ClN4O. The molecule has 0 aliphatic rings. The lowest BCUT2D eigenvalue weighted by Gasteiger charge is -2.09. The summed E-state index contributed by atoms with van der Waals surface area (Å²) in [5.41, 5.74) is 4.27. The second kappa shape index (κ2) is 5.42. The topological polar surface area (TPSA) is 59.3 Å². The number of carbonyl (C=O) groups is 1. The van der Waals surface area contributed by atoms with Crippen LogP contribution in [0.25, 0.3) is 5.65 Å². The fraction of sp³-hybridized carbons (Fsp3) is 0.188. The summed E-state index contributed by atoms with van der Waals surface area (Å²) in [4.78, 5) is 16.9. The summed E-state index contributed by atoms with van der Waals surface area (Å²) in [6.07, 6.45) is 1.53. The first-order valence-corrected chi connectivity index (χ1v) is 7.23. The number of hydrogen-bond acceptors (Lipinski definition) is 3. The maximum atomic E-state index is 12.5. The molecule has 0 saturated heterocycles. The zero-order chi connectivity index (χ0) is 15.9. The highest BCUT2D eigenvalue weighted by Gasteiger charge is 2.16. The molecule has 1 amide bonds. The Kier molecular flexibility index (Phi) is 3.58. The molecule has 3 rings (SSSR count). The normalized spacial score (nSPS) is 10.9. The van der Waals surface area contributed by atoms with Crippen molar-refractivity contribution in [2.75, 3.05) is 5.32 Å². The van der Waals surface area contributed by atoms with Crippen molar-refractivity contribution < 1.29 is 4.79 Å². The first kappa shape index (κ1) is 14.5. The summed E-state index contributed by atoms with van der Waals surface area (Å²) in [7, 11) is 0. The molecule has 0 unspecified atom stereocenters. The highest BCUT2D eigenvalue weighted by molar-refractivity contribution is 6.31. The van der Waals surface area contributed by atoms with Gasteiger partial charge in [0, 0.05) is 22.1 Å². The average molecular weight is 315 g/mol. The number of fused-ring (bicyclic) bond motifs is 1. The summed E-state index contributed by atoms with van der Waals surface area (Å²) in [5, 5.41) is 7.71. The molecule has 5 nitrogen and oxygen atoms in total. The number of amides is 1. The van der Waals surface area contributed by atoms with Gasteiger partial charge in [0.05, 0.1) is 6.20 Å². The summed E-state index contributed by atoms with van der Waals surface area (Å²) >= 11 is 6.08. The zero-order valence-electron chi connectivity index (χ0n) is 12.5. The lowest BCUT2D eigenvalue weighted by Crippen LogP contribution is -2.13. The number of aryl methyl sites for hydroxylation is 2. The van der Waals surface area contributed by atoms with Crippen LogP contribution in [0.3, 0.4) is 0 Å². The maximum Gasteiger partial charge on any atom is 0.261 e. The van der Waals surface area contributed by atoms with Crippen molar-refractivity contribution in [2.45, 2.75) is 20.8 Å². The summed E-state index contributed by atoms with van der Waals surface area (Å²) in [5.74, 6) is -0.252. The number of hydrogen-bond donors (Lipinski definition) is 1. The van der Waals surface area contributed by atoms with E-state index in [0.29, 0.717) is 21.9 Å². The van der Waals surface area contributed by atoms with E-state index in [4.69, 9.17) is 11.6 Å². The van der Waals surface area contributed by atoms with E-state index < -0.39 is 0 Å². The van der Waals surface area contributed by atoms with E-state index in [-0.39, 0.29) is 5.91 Å². The van der Waals surface area contributed by atoms with Crippen molar-refractivity contribution in [1.29, 1.82) is 0 Å². The third-order valence-corrected chi connectivity index (χ3v) is 3.95. The summed E-state index contributed by atoms with van der Waals surface area (Å²) < 4.78 is 1.66. The molecule has 0 bridgehead atoms. The molecule has 22 heavy (non-hydrogen) atoms. The van der Waals surface area contributed by atoms with Gasteiger partial charge >= 0.3 is 0 Å². The van der Waals surface area contributed by atoms with E-state index in [0.717, 1.165) is 17.0 Å². The van der Waals surface area contributed by atoms with Gasteiger partial charge in [-0.05, 0) is 44.5 Å². The highest BCUT2D eigenvalue weighted by Crippen LogP contribution is 2.24. The minimum atomic E-state index is -0.252. The molecule has 1 aromatic carbocycles. The lowest BCUT2D eigenvalue weighted by atomic mass is 10.2. The van der Waals surface area contributed by atoms with E-state index in [9.17, 15) is 4.79 Å². The summed E-state index contributed by atoms with van der Waals surface area (Å²) in [6, 6.07) is 7.32. The van der Waals surface area contributed by atoms with Crippen molar-refractivity contribution in [3.05, 3.63) is 58.0 Å². The van der Waals surface area contributed by atoms with E-state index in [1.54, 1.807) is 16.6 Å². The van der Waals surface area contributed by atoms with Crippen LogP contribution in [0.1, 0.15) is 27.3 Å². The Morgan fingerprint density at radius 2 is 2.05 bits per heavy atom. The van der Waals surface area contributed by atoms with E-state index in [1.807, 2.05) is 32.9 Å². The Morgan fingerprint density at radius 1 is 1.27 bits per heavy atom. The third-order valence-electron chi connectivity index (χ3n) is 3.54. The van der Waals surface area contributed by atoms with Crippen LogP contribution in [-0.4, -0.2) is 20.5 Å². The van der Waals surface area contributed by atoms with Gasteiger partial charge in [-0.25, -0.2) is 9.50 Å². The first-order valence-electron chi connectivity index (χ1n) is 6.86. The van der Waals surface area contributed by atoms with Crippen molar-refractivity contribution in [1.82, 2.24) is 14.6 Å². The number of nitrogens with zero attached hydrogens (tertiary/aromatic N) is 3. The van der Waals surface area contributed by atoms with Gasteiger partial charge in [0.15, 0.2) is 5.65 Å². The average Bonchev–Trinajstić information content (AvgIpc) is 2.88. The Bertz CT molecular complexity index is 885. The first-order chi connectivity index (χ1) is 10.5. The van der Waals surface area contributed by atoms with Gasteiger partial charge in [-0.2, -0.15) is 5.10 Å². The number of nitrogens with one attached hydrogen (secondary N) is 1. The second-order valence-electron chi connectivity index (χ2n) is 5.20. The van der Waals surface area contributed by atoms with Crippen LogP contribution in [0, 0.1) is 20.8 Å². The molecule has 3 aromatic rings. The minimum Gasteiger partial charge on any atom is -0.322 e. The fourth-order valence-corrected chi connectivity index (χ4v) is 2.54. The quantitative estimate of drug-likeness (QED) is 0.786. The van der Waals surface area contributed by atoms with Crippen LogP contribution in [-0.2, 0) is 0 Å². The van der Waals surface area contributed by atoms with Gasteiger partial charge in [-0.3, -0.25) is 4.79 Å². The number of aromatic nitrogens is 3. The van der Waals surface area contributed by atoms with Crippen LogP contribution in [0.4, 0.5) is 5.69 Å². The predicted molar refractivity (Wildman–Crippen MR) is 86.6 cm³/mol. The summed E-state index contributed by atoms with van der Waals surface area (Å²) in [6.45, 7) is 5.68. The van der Waals surface area contributed by atoms with E-state index >= 15 is 0 Å². The van der Waals surface area contributed by atoms with E-state index in [2.05, 4.69) is 15.4 Å². The molecule has 0 saturated carbocycles. The maximum absolute atomic E-state index is 12.5. The molecule has 0 fully saturated rings. The highest BCUT2D eigenvalue weighted by atomic mass is 35.5. The zero-order valence-corrected chi connectivity index (χ0v) is 13.3. The molecule has 0 aliphatic heterocycles. The van der Waals surface area contributed by atoms with Crippen LogP contribution in [0.2, 0.25) is 5.02 Å². The third kappa shape index (κ3) is 2.44. The monoisotopic (exact) mass is 314 g/mol. The molecule has 1 N–H and O–H groups in total. The molecular weight excluding hydrogens is 300 g/mol. The SMILES string of the molecule is Cc1cc(C)n2ncc(C(=O)Nc3cccc(Cl)c3C)c2n1. The van der Waals surface area contributed by atoms with E-state index in [1.165, 1.54) is 6.20 Å². The van der Waals surface area contributed by atoms with Crippen molar-refractivity contribution in [2.24, 2.45) is 0 Å². The van der Waals surface area contributed by atoms with Gasteiger partial charge in [-0.15, -0.1) is 0 Å². The molecule has 2 heterocycles. The van der Waals surface area contributed by atoms with Gasteiger partial charge in [0.1, 0.15) is 5.56 Å². The lowest BCUT2D eigenvalue weighted by molar-refractivity contribution is 0.102. The number of rotatable bonds is 2. The smallest absolute Gasteiger partial charge is 0.261 e. The Balaban J connectivity index is 2.01. The van der Waals surface area contributed by atoms with Crippen molar-refractivity contribution in [3.63, 3.8) is 0 Å². The molecule has 0 aliphatic carbocycles. The minimum absolute atomic E-state index is 0.252. The van der Waals surface area contributed by atoms with Gasteiger partial charge in [-0.1, -0.05) is 17.7 Å².